The van der Waals surface area contributed by atoms with Crippen molar-refractivity contribution in [3.8, 4) is 0 Å². The van der Waals surface area contributed by atoms with Crippen molar-refractivity contribution in [1.82, 2.24) is 25.5 Å². The summed E-state index contributed by atoms with van der Waals surface area (Å²) in [7, 11) is 0. The minimum atomic E-state index is -0.338. The zero-order chi connectivity index (χ0) is 14.8. The van der Waals surface area contributed by atoms with Gasteiger partial charge in [-0.2, -0.15) is 5.21 Å². The Morgan fingerprint density at radius 3 is 2.71 bits per heavy atom. The second-order valence-electron chi connectivity index (χ2n) is 4.51. The molecule has 1 aromatic heterocycles. The molecular weight excluding hydrogens is 290 g/mol. The van der Waals surface area contributed by atoms with Crippen LogP contribution in [0.1, 0.15) is 17.0 Å². The average molecular weight is 301 g/mol. The number of nitrogens with zero attached hydrogens (tertiary/aromatic N) is 4. The Labute approximate surface area is 124 Å². The molecule has 1 saturated heterocycles. The molecule has 3 rings (SSSR count). The fourth-order valence-electron chi connectivity index (χ4n) is 1.84. The first-order chi connectivity index (χ1) is 10.1. The van der Waals surface area contributed by atoms with E-state index in [9.17, 15) is 9.59 Å². The van der Waals surface area contributed by atoms with Gasteiger partial charge in [-0.05, 0) is 30.3 Å². The largest absolute Gasteiger partial charge is 0.293 e. The van der Waals surface area contributed by atoms with E-state index in [0.29, 0.717) is 10.7 Å². The molecule has 0 spiro atoms. The maximum absolute atomic E-state index is 12.2. The molecule has 1 aromatic carbocycles. The van der Waals surface area contributed by atoms with E-state index in [1.54, 1.807) is 6.08 Å². The normalized spacial score (nSPS) is 17.0. The smallest absolute Gasteiger partial charge is 0.268 e. The van der Waals surface area contributed by atoms with Gasteiger partial charge in [0.2, 0.25) is 0 Å². The van der Waals surface area contributed by atoms with Gasteiger partial charge in [0, 0.05) is 0 Å². The third kappa shape index (κ3) is 2.84. The SMILES string of the molecule is Cc1ccc(/C=C2\SC(=O)N(Cc3nn[nH]n3)C2=O)cc1. The van der Waals surface area contributed by atoms with Crippen molar-refractivity contribution < 1.29 is 9.59 Å². The number of aryl methyl sites for hydroxylation is 1. The minimum Gasteiger partial charge on any atom is -0.268 e. The number of tetrazole rings is 1. The van der Waals surface area contributed by atoms with Crippen molar-refractivity contribution in [2.75, 3.05) is 0 Å². The van der Waals surface area contributed by atoms with E-state index in [0.717, 1.165) is 27.8 Å². The number of hydrogen-bond donors (Lipinski definition) is 1. The lowest BCUT2D eigenvalue weighted by molar-refractivity contribution is -0.123. The number of amides is 2. The molecule has 0 bridgehead atoms. The summed E-state index contributed by atoms with van der Waals surface area (Å²) in [6.45, 7) is 2.01. The highest BCUT2D eigenvalue weighted by molar-refractivity contribution is 8.18. The van der Waals surface area contributed by atoms with Crippen molar-refractivity contribution in [2.24, 2.45) is 0 Å². The van der Waals surface area contributed by atoms with Gasteiger partial charge >= 0.3 is 0 Å². The Morgan fingerprint density at radius 1 is 1.29 bits per heavy atom. The van der Waals surface area contributed by atoms with Crippen LogP contribution < -0.4 is 0 Å². The Kier molecular flexibility index (Phi) is 3.53. The molecule has 2 heterocycles. The highest BCUT2D eigenvalue weighted by Gasteiger charge is 2.35. The number of aromatic amines is 1. The molecule has 2 aromatic rings. The van der Waals surface area contributed by atoms with E-state index >= 15 is 0 Å². The van der Waals surface area contributed by atoms with Crippen LogP contribution in [-0.4, -0.2) is 36.7 Å². The second-order valence-corrected chi connectivity index (χ2v) is 5.50. The van der Waals surface area contributed by atoms with Gasteiger partial charge in [-0.1, -0.05) is 35.0 Å². The number of carbonyl (C=O) groups is 2. The van der Waals surface area contributed by atoms with Gasteiger partial charge in [-0.25, -0.2) is 0 Å². The van der Waals surface area contributed by atoms with E-state index in [-0.39, 0.29) is 17.7 Å². The third-order valence-electron chi connectivity index (χ3n) is 2.94. The maximum atomic E-state index is 12.2. The van der Waals surface area contributed by atoms with Gasteiger partial charge in [0.1, 0.15) is 0 Å². The van der Waals surface area contributed by atoms with E-state index in [4.69, 9.17) is 0 Å². The van der Waals surface area contributed by atoms with E-state index in [1.807, 2.05) is 31.2 Å². The van der Waals surface area contributed by atoms with Crippen LogP contribution in [0.15, 0.2) is 29.2 Å². The summed E-state index contributed by atoms with van der Waals surface area (Å²) in [5, 5.41) is 12.9. The third-order valence-corrected chi connectivity index (χ3v) is 3.84. The minimum absolute atomic E-state index is 0.0202. The van der Waals surface area contributed by atoms with Crippen LogP contribution in [0.3, 0.4) is 0 Å². The number of H-pyrrole nitrogens is 1. The van der Waals surface area contributed by atoms with Crippen LogP contribution in [0.25, 0.3) is 6.08 Å². The van der Waals surface area contributed by atoms with Crippen LogP contribution in [0.4, 0.5) is 4.79 Å². The summed E-state index contributed by atoms with van der Waals surface area (Å²) in [6.07, 6.45) is 1.71. The Bertz CT molecular complexity index is 709. The van der Waals surface area contributed by atoms with Crippen molar-refractivity contribution in [2.45, 2.75) is 13.5 Å². The molecule has 0 unspecified atom stereocenters. The predicted molar refractivity (Wildman–Crippen MR) is 76.9 cm³/mol. The molecule has 0 atom stereocenters. The topological polar surface area (TPSA) is 91.8 Å². The fourth-order valence-corrected chi connectivity index (χ4v) is 2.68. The molecule has 7 nitrogen and oxygen atoms in total. The Morgan fingerprint density at radius 2 is 2.05 bits per heavy atom. The van der Waals surface area contributed by atoms with Crippen molar-refractivity contribution in [3.63, 3.8) is 0 Å². The van der Waals surface area contributed by atoms with Crippen LogP contribution >= 0.6 is 11.8 Å². The highest BCUT2D eigenvalue weighted by atomic mass is 32.2. The lowest BCUT2D eigenvalue weighted by Crippen LogP contribution is -2.28. The van der Waals surface area contributed by atoms with Gasteiger partial charge < -0.3 is 0 Å². The van der Waals surface area contributed by atoms with Crippen molar-refractivity contribution in [3.05, 3.63) is 46.1 Å². The lowest BCUT2D eigenvalue weighted by atomic mass is 10.1. The fraction of sp³-hybridized carbons (Fsp3) is 0.154. The first-order valence-corrected chi connectivity index (χ1v) is 6.99. The standard InChI is InChI=1S/C13H11N5O2S/c1-8-2-4-9(5-3-8)6-10-12(19)18(13(20)21-10)7-11-14-16-17-15-11/h2-6H,7H2,1H3,(H,14,15,16,17)/b10-6-. The molecule has 1 fully saturated rings. The summed E-state index contributed by atoms with van der Waals surface area (Å²) in [4.78, 5) is 25.7. The molecule has 106 valence electrons. The second kappa shape index (κ2) is 5.49. The van der Waals surface area contributed by atoms with Crippen LogP contribution in [0, 0.1) is 6.92 Å². The summed E-state index contributed by atoms with van der Waals surface area (Å²) in [6, 6.07) is 7.72. The Balaban J connectivity index is 1.81. The van der Waals surface area contributed by atoms with E-state index in [2.05, 4.69) is 20.6 Å². The Hall–Kier alpha value is -2.48. The van der Waals surface area contributed by atoms with Gasteiger partial charge in [-0.3, -0.25) is 14.5 Å². The van der Waals surface area contributed by atoms with Crippen molar-refractivity contribution >= 4 is 29.0 Å². The molecule has 0 saturated carbocycles. The quantitative estimate of drug-likeness (QED) is 0.868. The number of thioether (sulfide) groups is 1. The highest BCUT2D eigenvalue weighted by Crippen LogP contribution is 2.32. The average Bonchev–Trinajstić information content (AvgIpc) is 3.06. The zero-order valence-corrected chi connectivity index (χ0v) is 11.9. The van der Waals surface area contributed by atoms with Gasteiger partial charge in [0.25, 0.3) is 11.1 Å². The van der Waals surface area contributed by atoms with Crippen molar-refractivity contribution in [1.29, 1.82) is 0 Å². The zero-order valence-electron chi connectivity index (χ0n) is 11.1. The lowest BCUT2D eigenvalue weighted by Gasteiger charge is -2.08. The van der Waals surface area contributed by atoms with Gasteiger partial charge in [-0.15, -0.1) is 10.2 Å². The molecule has 0 aliphatic carbocycles. The number of aromatic nitrogens is 4. The summed E-state index contributed by atoms with van der Waals surface area (Å²) < 4.78 is 0. The molecule has 1 N–H and O–H groups in total. The monoisotopic (exact) mass is 301 g/mol. The van der Waals surface area contributed by atoms with E-state index in [1.165, 1.54) is 0 Å². The van der Waals surface area contributed by atoms with Crippen LogP contribution in [0.2, 0.25) is 0 Å². The van der Waals surface area contributed by atoms with Crippen LogP contribution in [-0.2, 0) is 11.3 Å². The van der Waals surface area contributed by atoms with Gasteiger partial charge in [0.05, 0.1) is 11.4 Å². The summed E-state index contributed by atoms with van der Waals surface area (Å²) in [5.74, 6) is -0.0377. The van der Waals surface area contributed by atoms with Gasteiger partial charge in [0.15, 0.2) is 5.82 Å². The number of imide groups is 1. The predicted octanol–water partition coefficient (Wildman–Crippen LogP) is 1.74. The number of hydrogen-bond acceptors (Lipinski definition) is 6. The number of carbonyl (C=O) groups excluding carboxylic acids is 2. The summed E-state index contributed by atoms with van der Waals surface area (Å²) >= 11 is 0.915. The number of benzene rings is 1. The number of nitrogens with one attached hydrogen (secondary N) is 1. The summed E-state index contributed by atoms with van der Waals surface area (Å²) in [5.41, 5.74) is 2.02. The molecule has 2 amide bonds. The molecule has 1 aliphatic heterocycles. The first-order valence-electron chi connectivity index (χ1n) is 6.18. The molecule has 1 aliphatic rings. The number of rotatable bonds is 3. The molecule has 8 heteroatoms. The maximum Gasteiger partial charge on any atom is 0.293 e. The molecule has 21 heavy (non-hydrogen) atoms. The molecule has 0 radical (unpaired) electrons. The first kappa shape index (κ1) is 13.5. The van der Waals surface area contributed by atoms with E-state index < -0.39 is 0 Å². The molecular formula is C13H11N5O2S. The van der Waals surface area contributed by atoms with Crippen LogP contribution in [0.5, 0.6) is 0 Å².